The molecule has 0 aromatic heterocycles. The monoisotopic (exact) mass is 482 g/mol. The minimum Gasteiger partial charge on any atom is -0.507 e. The summed E-state index contributed by atoms with van der Waals surface area (Å²) in [5, 5.41) is 11.4. The van der Waals surface area contributed by atoms with Crippen LogP contribution in [0, 0.1) is 6.92 Å². The molecule has 1 saturated heterocycles. The number of ketones is 1. The molecule has 0 saturated carbocycles. The number of likely N-dealkylation sites (N-methyl/N-ethyl adjacent to an activating group) is 1. The van der Waals surface area contributed by atoms with E-state index in [0.29, 0.717) is 47.0 Å². The summed E-state index contributed by atoms with van der Waals surface area (Å²) in [6.45, 7) is 8.45. The van der Waals surface area contributed by atoms with Gasteiger partial charge in [0.05, 0.1) is 32.9 Å². The smallest absolute Gasteiger partial charge is 0.295 e. The molecule has 0 spiro atoms. The van der Waals surface area contributed by atoms with E-state index < -0.39 is 17.7 Å². The third-order valence-electron chi connectivity index (χ3n) is 6.51. The Labute approximate surface area is 206 Å². The molecule has 8 nitrogen and oxygen atoms in total. The molecule has 0 bridgehead atoms. The Morgan fingerprint density at radius 3 is 2.17 bits per heavy atom. The zero-order valence-electron chi connectivity index (χ0n) is 21.3. The fourth-order valence-electron chi connectivity index (χ4n) is 4.45. The van der Waals surface area contributed by atoms with Crippen LogP contribution in [0.3, 0.4) is 0 Å². The maximum atomic E-state index is 13.4. The van der Waals surface area contributed by atoms with Crippen LogP contribution in [0.4, 0.5) is 0 Å². The van der Waals surface area contributed by atoms with E-state index in [0.717, 1.165) is 13.1 Å². The molecule has 188 valence electrons. The van der Waals surface area contributed by atoms with Crippen molar-refractivity contribution in [3.05, 3.63) is 58.7 Å². The number of rotatable bonds is 10. The van der Waals surface area contributed by atoms with Crippen LogP contribution in [0.5, 0.6) is 17.2 Å². The highest BCUT2D eigenvalue weighted by Gasteiger charge is 2.47. The number of Topliss-reactive ketones (excluding diaryl/α,β-unsaturated/α-hetero) is 1. The first kappa shape index (κ1) is 26.1. The van der Waals surface area contributed by atoms with Crippen molar-refractivity contribution in [1.82, 2.24) is 9.80 Å². The molecular weight excluding hydrogens is 448 g/mol. The molecule has 8 heteroatoms. The Bertz CT molecular complexity index is 1120. The number of aliphatic hydroxyl groups is 1. The van der Waals surface area contributed by atoms with Crippen LogP contribution in [0.2, 0.25) is 0 Å². The standard InChI is InChI=1S/C27H34N2O6/c1-7-28(8-2)13-14-29-24(21-16-19(34-5)10-12-22(21)35-6)23(26(31)27(29)32)25(30)20-11-9-18(33-4)15-17(20)3/h9-12,15-16,24,30H,7-8,13-14H2,1-6H3/t24-/m1/s1. The van der Waals surface area contributed by atoms with Gasteiger partial charge in [0.25, 0.3) is 11.7 Å². The van der Waals surface area contributed by atoms with Crippen LogP contribution in [0.1, 0.15) is 36.6 Å². The van der Waals surface area contributed by atoms with Crippen LogP contribution in [-0.4, -0.2) is 74.1 Å². The summed E-state index contributed by atoms with van der Waals surface area (Å²) in [6.07, 6.45) is 0. The molecule has 2 aromatic carbocycles. The van der Waals surface area contributed by atoms with E-state index in [2.05, 4.69) is 4.90 Å². The molecule has 1 amide bonds. The number of ether oxygens (including phenoxy) is 3. The van der Waals surface area contributed by atoms with Gasteiger partial charge in [-0.2, -0.15) is 0 Å². The number of carbonyl (C=O) groups excluding carboxylic acids is 2. The fraction of sp³-hybridized carbons (Fsp3) is 0.407. The van der Waals surface area contributed by atoms with Crippen molar-refractivity contribution in [3.8, 4) is 17.2 Å². The predicted molar refractivity (Wildman–Crippen MR) is 134 cm³/mol. The molecule has 35 heavy (non-hydrogen) atoms. The molecule has 0 radical (unpaired) electrons. The Morgan fingerprint density at radius 2 is 1.60 bits per heavy atom. The normalized spacial score (nSPS) is 17.2. The summed E-state index contributed by atoms with van der Waals surface area (Å²) in [7, 11) is 4.63. The van der Waals surface area contributed by atoms with E-state index in [-0.39, 0.29) is 11.3 Å². The van der Waals surface area contributed by atoms with Crippen molar-refractivity contribution in [2.24, 2.45) is 0 Å². The number of benzene rings is 2. The van der Waals surface area contributed by atoms with Crippen molar-refractivity contribution >= 4 is 17.4 Å². The minimum absolute atomic E-state index is 0.0226. The lowest BCUT2D eigenvalue weighted by molar-refractivity contribution is -0.140. The number of nitrogens with zero attached hydrogens (tertiary/aromatic N) is 2. The minimum atomic E-state index is -0.836. The SMILES string of the molecule is CCN(CC)CCN1C(=O)C(=O)C(=C(O)c2ccc(OC)cc2C)[C@H]1c1cc(OC)ccc1OC. The van der Waals surface area contributed by atoms with Gasteiger partial charge in [-0.3, -0.25) is 9.59 Å². The lowest BCUT2D eigenvalue weighted by atomic mass is 9.93. The quantitative estimate of drug-likeness (QED) is 0.313. The first-order valence-electron chi connectivity index (χ1n) is 11.7. The number of carbonyl (C=O) groups is 2. The zero-order valence-corrected chi connectivity index (χ0v) is 21.3. The maximum Gasteiger partial charge on any atom is 0.295 e. The molecule has 3 rings (SSSR count). The van der Waals surface area contributed by atoms with Gasteiger partial charge in [0, 0.05) is 24.2 Å². The number of aryl methyl sites for hydroxylation is 1. The van der Waals surface area contributed by atoms with Crippen molar-refractivity contribution in [2.45, 2.75) is 26.8 Å². The highest BCUT2D eigenvalue weighted by Crippen LogP contribution is 2.44. The Balaban J connectivity index is 2.22. The van der Waals surface area contributed by atoms with Gasteiger partial charge in [-0.05, 0) is 62.0 Å². The largest absolute Gasteiger partial charge is 0.507 e. The second kappa shape index (κ2) is 11.3. The van der Waals surface area contributed by atoms with Crippen LogP contribution in [0.15, 0.2) is 42.0 Å². The molecule has 1 fully saturated rings. The van der Waals surface area contributed by atoms with E-state index in [1.165, 1.54) is 12.0 Å². The van der Waals surface area contributed by atoms with Gasteiger partial charge in [0.2, 0.25) is 0 Å². The van der Waals surface area contributed by atoms with Crippen molar-refractivity contribution < 1.29 is 28.9 Å². The fourth-order valence-corrected chi connectivity index (χ4v) is 4.45. The number of hydrogen-bond acceptors (Lipinski definition) is 7. The average molecular weight is 483 g/mol. The lowest BCUT2D eigenvalue weighted by Crippen LogP contribution is -2.38. The lowest BCUT2D eigenvalue weighted by Gasteiger charge is -2.29. The summed E-state index contributed by atoms with van der Waals surface area (Å²) in [5.41, 5.74) is 1.76. The summed E-state index contributed by atoms with van der Waals surface area (Å²) < 4.78 is 16.3. The van der Waals surface area contributed by atoms with E-state index in [4.69, 9.17) is 14.2 Å². The van der Waals surface area contributed by atoms with Crippen molar-refractivity contribution in [2.75, 3.05) is 47.5 Å². The van der Waals surface area contributed by atoms with Gasteiger partial charge in [0.15, 0.2) is 0 Å². The first-order chi connectivity index (χ1) is 16.8. The van der Waals surface area contributed by atoms with Crippen molar-refractivity contribution in [1.29, 1.82) is 0 Å². The van der Waals surface area contributed by atoms with Gasteiger partial charge in [-0.15, -0.1) is 0 Å². The highest BCUT2D eigenvalue weighted by molar-refractivity contribution is 6.46. The summed E-state index contributed by atoms with van der Waals surface area (Å²) >= 11 is 0. The maximum absolute atomic E-state index is 13.4. The van der Waals surface area contributed by atoms with Crippen LogP contribution < -0.4 is 14.2 Å². The van der Waals surface area contributed by atoms with Crippen LogP contribution in [-0.2, 0) is 9.59 Å². The molecule has 0 aliphatic carbocycles. The molecule has 2 aromatic rings. The summed E-state index contributed by atoms with van der Waals surface area (Å²) in [6, 6.07) is 9.56. The molecule has 1 N–H and O–H groups in total. The third-order valence-corrected chi connectivity index (χ3v) is 6.51. The third kappa shape index (κ3) is 5.12. The van der Waals surface area contributed by atoms with Gasteiger partial charge >= 0.3 is 0 Å². The van der Waals surface area contributed by atoms with Crippen LogP contribution >= 0.6 is 0 Å². The van der Waals surface area contributed by atoms with E-state index in [1.54, 1.807) is 50.6 Å². The summed E-state index contributed by atoms with van der Waals surface area (Å²) in [4.78, 5) is 30.3. The predicted octanol–water partition coefficient (Wildman–Crippen LogP) is 3.78. The first-order valence-corrected chi connectivity index (χ1v) is 11.7. The second-order valence-electron chi connectivity index (χ2n) is 8.31. The van der Waals surface area contributed by atoms with Gasteiger partial charge in [-0.25, -0.2) is 0 Å². The van der Waals surface area contributed by atoms with Gasteiger partial charge in [-0.1, -0.05) is 13.8 Å². The molecule has 1 heterocycles. The topological polar surface area (TPSA) is 88.5 Å². The Hall–Kier alpha value is -3.52. The zero-order chi connectivity index (χ0) is 25.7. The molecule has 1 aliphatic heterocycles. The van der Waals surface area contributed by atoms with Gasteiger partial charge < -0.3 is 29.1 Å². The number of hydrogen-bond donors (Lipinski definition) is 1. The van der Waals surface area contributed by atoms with Gasteiger partial charge in [0.1, 0.15) is 23.0 Å². The number of likely N-dealkylation sites (tertiary alicyclic amines) is 1. The molecule has 1 aliphatic rings. The molecular formula is C27H34N2O6. The molecule has 1 atom stereocenters. The van der Waals surface area contributed by atoms with E-state index in [9.17, 15) is 14.7 Å². The van der Waals surface area contributed by atoms with E-state index >= 15 is 0 Å². The second-order valence-corrected chi connectivity index (χ2v) is 8.31. The van der Waals surface area contributed by atoms with Crippen molar-refractivity contribution in [3.63, 3.8) is 0 Å². The molecule has 0 unspecified atom stereocenters. The van der Waals surface area contributed by atoms with Crippen LogP contribution in [0.25, 0.3) is 5.76 Å². The number of aliphatic hydroxyl groups excluding tert-OH is 1. The summed E-state index contributed by atoms with van der Waals surface area (Å²) in [5.74, 6) is 0.0546. The Kier molecular flexibility index (Phi) is 8.40. The Morgan fingerprint density at radius 1 is 0.971 bits per heavy atom. The average Bonchev–Trinajstić information content (AvgIpc) is 3.13. The highest BCUT2D eigenvalue weighted by atomic mass is 16.5. The number of amides is 1. The van der Waals surface area contributed by atoms with E-state index in [1.807, 2.05) is 20.8 Å². The number of methoxy groups -OCH3 is 3.